The summed E-state index contributed by atoms with van der Waals surface area (Å²) in [5.41, 5.74) is 0. The fourth-order valence-electron chi connectivity index (χ4n) is 4.39. The van der Waals surface area contributed by atoms with Gasteiger partial charge in [0.2, 0.25) is 0 Å². The van der Waals surface area contributed by atoms with Crippen LogP contribution in [0.4, 0.5) is 0 Å². The Morgan fingerprint density at radius 3 is 1.20 bits per heavy atom. The molecular weight excluding hydrogens is 368 g/mol. The molecule has 0 aromatic carbocycles. The summed E-state index contributed by atoms with van der Waals surface area (Å²) in [5, 5.41) is 0. The van der Waals surface area contributed by atoms with Crippen LogP contribution in [0.3, 0.4) is 0 Å². The Morgan fingerprint density at radius 2 is 0.867 bits per heavy atom. The Bertz CT molecular complexity index is 354. The molecule has 0 spiro atoms. The summed E-state index contributed by atoms with van der Waals surface area (Å²) in [4.78, 5) is 0. The largest absolute Gasteiger partial charge is 0.363 e. The molecule has 0 saturated carbocycles. The second kappa shape index (κ2) is 17.4. The van der Waals surface area contributed by atoms with E-state index in [0.29, 0.717) is 12.2 Å². The molecule has 1 unspecified atom stereocenters. The van der Waals surface area contributed by atoms with E-state index >= 15 is 0 Å². The number of likely N-dealkylation sites (N-methyl/N-ethyl adjacent to an activating group) is 2. The van der Waals surface area contributed by atoms with Crippen molar-refractivity contribution in [3.63, 3.8) is 0 Å². The molecule has 0 aliphatic rings. The first kappa shape index (κ1) is 29.9. The third-order valence-corrected chi connectivity index (χ3v) is 5.89. The molecule has 0 saturated heterocycles. The second-order valence-corrected chi connectivity index (χ2v) is 11.9. The van der Waals surface area contributed by atoms with Crippen molar-refractivity contribution in [3.05, 3.63) is 0 Å². The maximum absolute atomic E-state index is 6.48. The number of nitrogens with zero attached hydrogens (tertiary/aromatic N) is 2. The maximum atomic E-state index is 6.48. The molecule has 0 aromatic heterocycles. The molecule has 0 fully saturated rings. The normalized spacial score (nSPS) is 13.9. The SMILES string of the molecule is CCCCCCCCCCCCCCCCC(C)OC(C[N+](C)(C)C)C[N+](C)(C)C. The Morgan fingerprint density at radius 1 is 0.533 bits per heavy atom. The van der Waals surface area contributed by atoms with Crippen molar-refractivity contribution in [1.29, 1.82) is 0 Å². The smallest absolute Gasteiger partial charge is 0.155 e. The van der Waals surface area contributed by atoms with E-state index in [1.54, 1.807) is 0 Å². The number of unbranched alkanes of at least 4 members (excludes halogenated alkanes) is 13. The summed E-state index contributed by atoms with van der Waals surface area (Å²) in [7, 11) is 13.6. The Balaban J connectivity index is 3.68. The highest BCUT2D eigenvalue weighted by atomic mass is 16.5. The summed E-state index contributed by atoms with van der Waals surface area (Å²) < 4.78 is 8.42. The quantitative estimate of drug-likeness (QED) is 0.141. The predicted molar refractivity (Wildman–Crippen MR) is 135 cm³/mol. The zero-order valence-electron chi connectivity index (χ0n) is 22.5. The van der Waals surface area contributed by atoms with Gasteiger partial charge in [-0.1, -0.05) is 96.8 Å². The van der Waals surface area contributed by atoms with Crippen molar-refractivity contribution in [2.24, 2.45) is 0 Å². The lowest BCUT2D eigenvalue weighted by Gasteiger charge is -2.35. The molecule has 3 heteroatoms. The Labute approximate surface area is 191 Å². The van der Waals surface area contributed by atoms with Gasteiger partial charge in [-0.15, -0.1) is 0 Å². The van der Waals surface area contributed by atoms with E-state index in [2.05, 4.69) is 56.1 Å². The first-order valence-corrected chi connectivity index (χ1v) is 13.3. The van der Waals surface area contributed by atoms with E-state index in [-0.39, 0.29) is 0 Å². The molecule has 0 amide bonds. The molecule has 30 heavy (non-hydrogen) atoms. The van der Waals surface area contributed by atoms with E-state index < -0.39 is 0 Å². The highest BCUT2D eigenvalue weighted by molar-refractivity contribution is 4.61. The van der Waals surface area contributed by atoms with Gasteiger partial charge in [0.1, 0.15) is 13.1 Å². The molecule has 3 nitrogen and oxygen atoms in total. The van der Waals surface area contributed by atoms with Crippen LogP contribution in [0.1, 0.15) is 110 Å². The Kier molecular flexibility index (Phi) is 17.4. The first-order chi connectivity index (χ1) is 14.0. The third-order valence-electron chi connectivity index (χ3n) is 5.89. The average molecular weight is 429 g/mol. The molecule has 0 radical (unpaired) electrons. The molecule has 1 atom stereocenters. The molecule has 0 aromatic rings. The summed E-state index contributed by atoms with van der Waals surface area (Å²) in [5.74, 6) is 0. The number of rotatable bonds is 21. The lowest BCUT2D eigenvalue weighted by atomic mass is 10.0. The van der Waals surface area contributed by atoms with Crippen LogP contribution >= 0.6 is 0 Å². The predicted octanol–water partition coefficient (Wildman–Crippen LogP) is 7.04. The van der Waals surface area contributed by atoms with Gasteiger partial charge in [0.25, 0.3) is 0 Å². The van der Waals surface area contributed by atoms with Crippen molar-refractivity contribution in [2.45, 2.75) is 122 Å². The zero-order chi connectivity index (χ0) is 22.9. The second-order valence-electron chi connectivity index (χ2n) is 11.9. The van der Waals surface area contributed by atoms with Crippen LogP contribution in [0.15, 0.2) is 0 Å². The van der Waals surface area contributed by atoms with Crippen LogP contribution in [0, 0.1) is 0 Å². The minimum absolute atomic E-state index is 0.339. The molecule has 0 N–H and O–H groups in total. The molecule has 0 rings (SSSR count). The van der Waals surface area contributed by atoms with Crippen LogP contribution in [0.2, 0.25) is 0 Å². The highest BCUT2D eigenvalue weighted by Gasteiger charge is 2.26. The summed E-state index contributed by atoms with van der Waals surface area (Å²) in [6, 6.07) is 0. The standard InChI is InChI=1S/C27H60N2O/c1-9-10-11-12-13-14-15-16-17-18-19-20-21-22-23-26(2)30-27(24-28(3,4)5)25-29(6,7)8/h26-27H,9-25H2,1-8H3/q+2. The molecule has 0 aliphatic heterocycles. The fourth-order valence-corrected chi connectivity index (χ4v) is 4.39. The molecule has 0 heterocycles. The average Bonchev–Trinajstić information content (AvgIpc) is 2.59. The number of hydrogen-bond donors (Lipinski definition) is 0. The molecule has 0 aliphatic carbocycles. The monoisotopic (exact) mass is 428 g/mol. The first-order valence-electron chi connectivity index (χ1n) is 13.3. The summed E-state index contributed by atoms with van der Waals surface area (Å²) >= 11 is 0. The number of quaternary nitrogens is 2. The fraction of sp³-hybridized carbons (Fsp3) is 1.00. The van der Waals surface area contributed by atoms with Crippen molar-refractivity contribution >= 4 is 0 Å². The van der Waals surface area contributed by atoms with Crippen LogP contribution in [-0.2, 0) is 4.74 Å². The van der Waals surface area contributed by atoms with E-state index in [1.807, 2.05) is 0 Å². The van der Waals surface area contributed by atoms with Gasteiger partial charge < -0.3 is 13.7 Å². The summed E-state index contributed by atoms with van der Waals surface area (Å²) in [6.45, 7) is 6.74. The van der Waals surface area contributed by atoms with Gasteiger partial charge in [-0.25, -0.2) is 0 Å². The van der Waals surface area contributed by atoms with Gasteiger partial charge in [0, 0.05) is 0 Å². The Hall–Kier alpha value is -0.120. The highest BCUT2D eigenvalue weighted by Crippen LogP contribution is 2.16. The van der Waals surface area contributed by atoms with Gasteiger partial charge in [0.05, 0.1) is 48.4 Å². The summed E-state index contributed by atoms with van der Waals surface area (Å²) in [6.07, 6.45) is 21.9. The molecule has 182 valence electrons. The zero-order valence-corrected chi connectivity index (χ0v) is 22.5. The van der Waals surface area contributed by atoms with Gasteiger partial charge >= 0.3 is 0 Å². The van der Waals surface area contributed by atoms with E-state index in [0.717, 1.165) is 22.1 Å². The van der Waals surface area contributed by atoms with Crippen molar-refractivity contribution < 1.29 is 13.7 Å². The molecular formula is C27H60N2O+2. The van der Waals surface area contributed by atoms with Gasteiger partial charge in [-0.3, -0.25) is 0 Å². The van der Waals surface area contributed by atoms with Gasteiger partial charge in [-0.2, -0.15) is 0 Å². The van der Waals surface area contributed by atoms with Crippen molar-refractivity contribution in [3.8, 4) is 0 Å². The van der Waals surface area contributed by atoms with E-state index in [4.69, 9.17) is 4.74 Å². The van der Waals surface area contributed by atoms with Crippen LogP contribution in [0.5, 0.6) is 0 Å². The minimum Gasteiger partial charge on any atom is -0.363 e. The van der Waals surface area contributed by atoms with E-state index in [1.165, 1.54) is 96.3 Å². The third kappa shape index (κ3) is 22.6. The van der Waals surface area contributed by atoms with Crippen LogP contribution in [0.25, 0.3) is 0 Å². The lowest BCUT2D eigenvalue weighted by molar-refractivity contribution is -0.896. The van der Waals surface area contributed by atoms with Crippen LogP contribution < -0.4 is 0 Å². The van der Waals surface area contributed by atoms with Gasteiger partial charge in [-0.05, 0) is 13.3 Å². The van der Waals surface area contributed by atoms with Crippen molar-refractivity contribution in [1.82, 2.24) is 0 Å². The van der Waals surface area contributed by atoms with E-state index in [9.17, 15) is 0 Å². The topological polar surface area (TPSA) is 9.23 Å². The number of hydrogen-bond acceptors (Lipinski definition) is 1. The van der Waals surface area contributed by atoms with Crippen LogP contribution in [-0.4, -0.2) is 76.5 Å². The molecule has 0 bridgehead atoms. The maximum Gasteiger partial charge on any atom is 0.155 e. The van der Waals surface area contributed by atoms with Crippen molar-refractivity contribution in [2.75, 3.05) is 55.4 Å². The lowest BCUT2D eigenvalue weighted by Crippen LogP contribution is -2.51. The minimum atomic E-state index is 0.339. The number of ether oxygens (including phenoxy) is 1. The van der Waals surface area contributed by atoms with Gasteiger partial charge in [0.15, 0.2) is 6.10 Å².